The van der Waals surface area contributed by atoms with E-state index in [2.05, 4.69) is 10.3 Å². The fourth-order valence-electron chi connectivity index (χ4n) is 2.97. The number of aryl methyl sites for hydroxylation is 2. The molecule has 5 heteroatoms. The first-order chi connectivity index (χ1) is 12.1. The monoisotopic (exact) mass is 337 g/mol. The summed E-state index contributed by atoms with van der Waals surface area (Å²) in [6.45, 7) is 2.56. The fraction of sp³-hybridized carbons (Fsp3) is 0.300. The van der Waals surface area contributed by atoms with Crippen LogP contribution in [0.5, 0.6) is 5.75 Å². The molecule has 0 bridgehead atoms. The quantitative estimate of drug-likeness (QED) is 0.752. The first-order valence-corrected chi connectivity index (χ1v) is 8.39. The third-order valence-electron chi connectivity index (χ3n) is 4.44. The summed E-state index contributed by atoms with van der Waals surface area (Å²) >= 11 is 0. The first kappa shape index (κ1) is 17.0. The number of benzene rings is 2. The van der Waals surface area contributed by atoms with Gasteiger partial charge in [0.1, 0.15) is 11.6 Å². The lowest BCUT2D eigenvalue weighted by molar-refractivity contribution is -0.120. The van der Waals surface area contributed by atoms with E-state index in [9.17, 15) is 4.79 Å². The molecule has 0 radical (unpaired) electrons. The van der Waals surface area contributed by atoms with Crippen LogP contribution in [0.3, 0.4) is 0 Å². The number of fused-ring (bicyclic) bond motifs is 1. The average molecular weight is 337 g/mol. The molecule has 5 nitrogen and oxygen atoms in total. The number of nitrogens with one attached hydrogen (secondary N) is 1. The maximum absolute atomic E-state index is 12.2. The Kier molecular flexibility index (Phi) is 5.03. The molecule has 0 aliphatic heterocycles. The zero-order chi connectivity index (χ0) is 17.8. The van der Waals surface area contributed by atoms with Gasteiger partial charge in [0.25, 0.3) is 0 Å². The number of para-hydroxylation sites is 1. The number of nitrogens with zero attached hydrogens (tertiary/aromatic N) is 2. The highest BCUT2D eigenvalue weighted by Crippen LogP contribution is 2.18. The molecule has 0 unspecified atom stereocenters. The van der Waals surface area contributed by atoms with Crippen molar-refractivity contribution >= 4 is 16.9 Å². The summed E-state index contributed by atoms with van der Waals surface area (Å²) in [5.41, 5.74) is 4.08. The van der Waals surface area contributed by atoms with Crippen molar-refractivity contribution in [3.63, 3.8) is 0 Å². The maximum Gasteiger partial charge on any atom is 0.224 e. The van der Waals surface area contributed by atoms with Gasteiger partial charge in [0.15, 0.2) is 0 Å². The van der Waals surface area contributed by atoms with Crippen molar-refractivity contribution in [2.45, 2.75) is 19.8 Å². The summed E-state index contributed by atoms with van der Waals surface area (Å²) < 4.78 is 7.38. The lowest BCUT2D eigenvalue weighted by Gasteiger charge is -2.09. The molecule has 3 rings (SSSR count). The summed E-state index contributed by atoms with van der Waals surface area (Å²) in [6, 6.07) is 13.9. The summed E-state index contributed by atoms with van der Waals surface area (Å²) in [5.74, 6) is 1.84. The number of methoxy groups -OCH3 is 1. The van der Waals surface area contributed by atoms with Crippen LogP contribution < -0.4 is 10.1 Å². The number of rotatable bonds is 6. The molecule has 1 N–H and O–H groups in total. The van der Waals surface area contributed by atoms with Crippen LogP contribution >= 0.6 is 0 Å². The van der Waals surface area contributed by atoms with Gasteiger partial charge in [-0.3, -0.25) is 4.79 Å². The van der Waals surface area contributed by atoms with Crippen LogP contribution in [0.15, 0.2) is 42.5 Å². The van der Waals surface area contributed by atoms with Crippen molar-refractivity contribution in [1.82, 2.24) is 14.9 Å². The second-order valence-corrected chi connectivity index (χ2v) is 6.13. The smallest absolute Gasteiger partial charge is 0.224 e. The molecule has 2 aromatic carbocycles. The van der Waals surface area contributed by atoms with Gasteiger partial charge in [-0.15, -0.1) is 0 Å². The number of hydrogen-bond donors (Lipinski definition) is 1. The predicted molar refractivity (Wildman–Crippen MR) is 98.9 cm³/mol. The third-order valence-corrected chi connectivity index (χ3v) is 4.44. The highest BCUT2D eigenvalue weighted by molar-refractivity contribution is 5.82. The Hall–Kier alpha value is -2.82. The van der Waals surface area contributed by atoms with Crippen molar-refractivity contribution < 1.29 is 9.53 Å². The van der Waals surface area contributed by atoms with Crippen molar-refractivity contribution in [3.8, 4) is 5.75 Å². The first-order valence-electron chi connectivity index (χ1n) is 8.39. The molecule has 1 amide bonds. The average Bonchev–Trinajstić information content (AvgIpc) is 2.89. The minimum atomic E-state index is 0.0156. The van der Waals surface area contributed by atoms with Crippen LogP contribution in [0, 0.1) is 6.92 Å². The van der Waals surface area contributed by atoms with Gasteiger partial charge in [0.2, 0.25) is 5.91 Å². The second kappa shape index (κ2) is 7.38. The summed E-state index contributed by atoms with van der Waals surface area (Å²) in [5, 5.41) is 2.98. The van der Waals surface area contributed by atoms with Crippen molar-refractivity contribution in [2.75, 3.05) is 13.7 Å². The van der Waals surface area contributed by atoms with E-state index in [1.165, 1.54) is 0 Å². The van der Waals surface area contributed by atoms with E-state index >= 15 is 0 Å². The van der Waals surface area contributed by atoms with Crippen LogP contribution in [0.4, 0.5) is 0 Å². The molecule has 1 aromatic heterocycles. The highest BCUT2D eigenvalue weighted by Gasteiger charge is 2.08. The number of hydrogen-bond acceptors (Lipinski definition) is 3. The Morgan fingerprint density at radius 2 is 2.04 bits per heavy atom. The minimum Gasteiger partial charge on any atom is -0.496 e. The molecular formula is C20H23N3O2. The van der Waals surface area contributed by atoms with Gasteiger partial charge in [0, 0.05) is 13.6 Å². The normalized spacial score (nSPS) is 10.8. The summed E-state index contributed by atoms with van der Waals surface area (Å²) in [4.78, 5) is 16.7. The van der Waals surface area contributed by atoms with E-state index in [0.717, 1.165) is 40.2 Å². The van der Waals surface area contributed by atoms with Crippen LogP contribution in [-0.4, -0.2) is 29.1 Å². The molecule has 0 atom stereocenters. The second-order valence-electron chi connectivity index (χ2n) is 6.13. The minimum absolute atomic E-state index is 0.0156. The molecule has 0 fully saturated rings. The molecule has 0 aliphatic rings. The SMILES string of the molecule is COc1ccccc1CCNC(=O)Cc1ccc2c(c1)nc(C)n2C. The van der Waals surface area contributed by atoms with E-state index < -0.39 is 0 Å². The molecule has 0 spiro atoms. The van der Waals surface area contributed by atoms with Crippen LogP contribution in [-0.2, 0) is 24.7 Å². The number of aromatic nitrogens is 2. The number of carbonyl (C=O) groups excluding carboxylic acids is 1. The van der Waals surface area contributed by atoms with Gasteiger partial charge in [-0.2, -0.15) is 0 Å². The van der Waals surface area contributed by atoms with E-state index in [4.69, 9.17) is 4.74 Å². The Morgan fingerprint density at radius 3 is 2.84 bits per heavy atom. The number of carbonyl (C=O) groups is 1. The molecule has 0 saturated heterocycles. The standard InChI is InChI=1S/C20H23N3O2/c1-14-22-17-12-15(8-9-18(17)23(14)2)13-20(24)21-11-10-16-6-4-5-7-19(16)25-3/h4-9,12H,10-11,13H2,1-3H3,(H,21,24). The molecule has 25 heavy (non-hydrogen) atoms. The topological polar surface area (TPSA) is 56.1 Å². The van der Waals surface area contributed by atoms with E-state index in [0.29, 0.717) is 13.0 Å². The van der Waals surface area contributed by atoms with Gasteiger partial charge < -0.3 is 14.6 Å². The molecule has 130 valence electrons. The summed E-state index contributed by atoms with van der Waals surface area (Å²) in [6.07, 6.45) is 1.10. The predicted octanol–water partition coefficient (Wildman–Crippen LogP) is 2.79. The Morgan fingerprint density at radius 1 is 1.24 bits per heavy atom. The van der Waals surface area contributed by atoms with Gasteiger partial charge in [-0.1, -0.05) is 24.3 Å². The number of amides is 1. The van der Waals surface area contributed by atoms with Gasteiger partial charge in [0.05, 0.1) is 24.6 Å². The zero-order valence-corrected chi connectivity index (χ0v) is 14.9. The van der Waals surface area contributed by atoms with Crippen molar-refractivity contribution in [2.24, 2.45) is 7.05 Å². The Labute approximate surface area is 147 Å². The molecule has 0 saturated carbocycles. The largest absolute Gasteiger partial charge is 0.496 e. The Balaban J connectivity index is 1.57. The van der Waals surface area contributed by atoms with Gasteiger partial charge in [-0.25, -0.2) is 4.98 Å². The van der Waals surface area contributed by atoms with Crippen LogP contribution in [0.25, 0.3) is 11.0 Å². The zero-order valence-electron chi connectivity index (χ0n) is 14.9. The fourth-order valence-corrected chi connectivity index (χ4v) is 2.97. The summed E-state index contributed by atoms with van der Waals surface area (Å²) in [7, 11) is 3.65. The Bertz CT molecular complexity index is 899. The molecule has 0 aliphatic carbocycles. The molecule has 1 heterocycles. The lowest BCUT2D eigenvalue weighted by atomic mass is 10.1. The van der Waals surface area contributed by atoms with E-state index in [-0.39, 0.29) is 5.91 Å². The van der Waals surface area contributed by atoms with E-state index in [1.807, 2.05) is 61.0 Å². The highest BCUT2D eigenvalue weighted by atomic mass is 16.5. The number of imidazole rings is 1. The van der Waals surface area contributed by atoms with Gasteiger partial charge in [-0.05, 0) is 42.7 Å². The van der Waals surface area contributed by atoms with Crippen molar-refractivity contribution in [1.29, 1.82) is 0 Å². The lowest BCUT2D eigenvalue weighted by Crippen LogP contribution is -2.27. The number of ether oxygens (including phenoxy) is 1. The third kappa shape index (κ3) is 3.82. The molecule has 3 aromatic rings. The van der Waals surface area contributed by atoms with E-state index in [1.54, 1.807) is 7.11 Å². The van der Waals surface area contributed by atoms with Gasteiger partial charge >= 0.3 is 0 Å². The van der Waals surface area contributed by atoms with Crippen LogP contribution in [0.2, 0.25) is 0 Å². The maximum atomic E-state index is 12.2. The van der Waals surface area contributed by atoms with Crippen molar-refractivity contribution in [3.05, 3.63) is 59.4 Å². The van der Waals surface area contributed by atoms with Crippen LogP contribution in [0.1, 0.15) is 17.0 Å². The molecular weight excluding hydrogens is 314 g/mol.